The van der Waals surface area contributed by atoms with Gasteiger partial charge in [-0.3, -0.25) is 4.79 Å². The van der Waals surface area contributed by atoms with E-state index in [0.29, 0.717) is 11.7 Å². The van der Waals surface area contributed by atoms with E-state index in [-0.39, 0.29) is 11.9 Å². The number of thioether (sulfide) groups is 1. The first-order valence-corrected chi connectivity index (χ1v) is 10.4. The van der Waals surface area contributed by atoms with Crippen molar-refractivity contribution >= 4 is 17.7 Å². The molecule has 0 bridgehead atoms. The van der Waals surface area contributed by atoms with Gasteiger partial charge in [0.1, 0.15) is 0 Å². The molecule has 1 aromatic carbocycles. The number of carbonyl (C=O) groups is 1. The van der Waals surface area contributed by atoms with E-state index in [1.807, 2.05) is 25.1 Å². The standard InChI is InChI=1S/C21H31N3OS/c1-6-10-19(18-11-8-7-9-12-18)23-20(25)14-26-21-22-16(4)17(5)24(21)13-15(2)3/h7-9,11-12,15,19H,6,10,13-14H2,1-5H3,(H,23,25). The highest BCUT2D eigenvalue weighted by molar-refractivity contribution is 7.99. The molecule has 1 aromatic heterocycles. The Morgan fingerprint density at radius 2 is 1.92 bits per heavy atom. The Labute approximate surface area is 161 Å². The van der Waals surface area contributed by atoms with Crippen LogP contribution in [-0.4, -0.2) is 21.2 Å². The number of hydrogen-bond acceptors (Lipinski definition) is 3. The van der Waals surface area contributed by atoms with Crippen LogP contribution < -0.4 is 5.32 Å². The van der Waals surface area contributed by atoms with Gasteiger partial charge in [-0.1, -0.05) is 69.3 Å². The molecule has 4 nitrogen and oxygen atoms in total. The van der Waals surface area contributed by atoms with Crippen molar-refractivity contribution < 1.29 is 4.79 Å². The van der Waals surface area contributed by atoms with Crippen molar-refractivity contribution in [1.82, 2.24) is 14.9 Å². The maximum absolute atomic E-state index is 12.5. The lowest BCUT2D eigenvalue weighted by Gasteiger charge is -2.18. The van der Waals surface area contributed by atoms with Crippen molar-refractivity contribution in [1.29, 1.82) is 0 Å². The molecule has 142 valence electrons. The molecule has 2 aromatic rings. The molecular weight excluding hydrogens is 342 g/mol. The van der Waals surface area contributed by atoms with Gasteiger partial charge in [0, 0.05) is 12.2 Å². The van der Waals surface area contributed by atoms with E-state index in [4.69, 9.17) is 0 Å². The van der Waals surface area contributed by atoms with E-state index in [9.17, 15) is 4.79 Å². The summed E-state index contributed by atoms with van der Waals surface area (Å²) in [6.45, 7) is 11.6. The van der Waals surface area contributed by atoms with Gasteiger partial charge >= 0.3 is 0 Å². The Morgan fingerprint density at radius 3 is 2.54 bits per heavy atom. The van der Waals surface area contributed by atoms with Gasteiger partial charge in [0.05, 0.1) is 17.5 Å². The SMILES string of the molecule is CCCC(NC(=O)CSc1nc(C)c(C)n1CC(C)C)c1ccccc1. The lowest BCUT2D eigenvalue weighted by molar-refractivity contribution is -0.119. The predicted molar refractivity (Wildman–Crippen MR) is 109 cm³/mol. The van der Waals surface area contributed by atoms with Crippen LogP contribution in [0.5, 0.6) is 0 Å². The average molecular weight is 374 g/mol. The second-order valence-corrected chi connectivity index (χ2v) is 8.12. The topological polar surface area (TPSA) is 46.9 Å². The zero-order valence-corrected chi connectivity index (χ0v) is 17.4. The quantitative estimate of drug-likeness (QED) is 0.636. The lowest BCUT2D eigenvalue weighted by Crippen LogP contribution is -2.30. The van der Waals surface area contributed by atoms with Crippen LogP contribution >= 0.6 is 11.8 Å². The van der Waals surface area contributed by atoms with Crippen molar-refractivity contribution in [2.24, 2.45) is 5.92 Å². The van der Waals surface area contributed by atoms with E-state index in [1.54, 1.807) is 0 Å². The van der Waals surface area contributed by atoms with Gasteiger partial charge in [-0.05, 0) is 31.7 Å². The minimum absolute atomic E-state index is 0.0618. The molecule has 0 saturated carbocycles. The summed E-state index contributed by atoms with van der Waals surface area (Å²) in [7, 11) is 0. The predicted octanol–water partition coefficient (Wildman–Crippen LogP) is 4.91. The molecule has 0 radical (unpaired) electrons. The second kappa shape index (κ2) is 9.81. The fraction of sp³-hybridized carbons (Fsp3) is 0.524. The van der Waals surface area contributed by atoms with E-state index in [0.717, 1.165) is 30.2 Å². The van der Waals surface area contributed by atoms with Crippen molar-refractivity contribution in [3.8, 4) is 0 Å². The maximum Gasteiger partial charge on any atom is 0.230 e. The number of nitrogens with one attached hydrogen (secondary N) is 1. The van der Waals surface area contributed by atoms with Crippen LogP contribution in [0.25, 0.3) is 0 Å². The van der Waals surface area contributed by atoms with E-state index in [2.05, 4.69) is 54.7 Å². The maximum atomic E-state index is 12.5. The summed E-state index contributed by atoms with van der Waals surface area (Å²) in [4.78, 5) is 17.2. The number of hydrogen-bond donors (Lipinski definition) is 1. The van der Waals surface area contributed by atoms with E-state index < -0.39 is 0 Å². The molecule has 1 unspecified atom stereocenters. The fourth-order valence-corrected chi connectivity index (χ4v) is 3.89. The Balaban J connectivity index is 2.01. The molecule has 0 fully saturated rings. The largest absolute Gasteiger partial charge is 0.349 e. The van der Waals surface area contributed by atoms with Gasteiger partial charge in [0.25, 0.3) is 0 Å². The average Bonchev–Trinajstić information content (AvgIpc) is 2.87. The summed E-state index contributed by atoms with van der Waals surface area (Å²) in [5.41, 5.74) is 3.40. The summed E-state index contributed by atoms with van der Waals surface area (Å²) in [6, 6.07) is 10.3. The number of imidazole rings is 1. The molecule has 5 heteroatoms. The molecule has 0 aliphatic heterocycles. The van der Waals surface area contributed by atoms with Crippen LogP contribution in [-0.2, 0) is 11.3 Å². The molecule has 1 atom stereocenters. The third-order valence-corrected chi connectivity index (χ3v) is 5.39. The van der Waals surface area contributed by atoms with Crippen LogP contribution in [0.1, 0.15) is 56.6 Å². The number of amides is 1. The Morgan fingerprint density at radius 1 is 1.23 bits per heavy atom. The van der Waals surface area contributed by atoms with E-state index >= 15 is 0 Å². The van der Waals surface area contributed by atoms with Crippen LogP contribution in [0.3, 0.4) is 0 Å². The first-order valence-electron chi connectivity index (χ1n) is 9.43. The van der Waals surface area contributed by atoms with Crippen LogP contribution in [0.4, 0.5) is 0 Å². The summed E-state index contributed by atoms with van der Waals surface area (Å²) >= 11 is 1.53. The van der Waals surface area contributed by atoms with Crippen LogP contribution in [0, 0.1) is 19.8 Å². The fourth-order valence-electron chi connectivity index (χ4n) is 2.98. The summed E-state index contributed by atoms with van der Waals surface area (Å²) < 4.78 is 2.23. The third kappa shape index (κ3) is 5.63. The molecule has 0 aliphatic carbocycles. The highest BCUT2D eigenvalue weighted by Gasteiger charge is 2.17. The Kier molecular flexibility index (Phi) is 7.76. The van der Waals surface area contributed by atoms with Crippen molar-refractivity contribution in [2.45, 2.75) is 65.2 Å². The minimum Gasteiger partial charge on any atom is -0.349 e. The highest BCUT2D eigenvalue weighted by Crippen LogP contribution is 2.23. The molecule has 0 saturated heterocycles. The molecule has 0 spiro atoms. The molecule has 1 heterocycles. The Bertz CT molecular complexity index is 710. The molecule has 2 rings (SSSR count). The minimum atomic E-state index is 0.0618. The molecule has 1 N–H and O–H groups in total. The molecule has 0 aliphatic rings. The lowest BCUT2D eigenvalue weighted by atomic mass is 10.0. The zero-order chi connectivity index (χ0) is 19.1. The number of nitrogens with zero attached hydrogens (tertiary/aromatic N) is 2. The van der Waals surface area contributed by atoms with Gasteiger partial charge in [-0.2, -0.15) is 0 Å². The van der Waals surface area contributed by atoms with Crippen LogP contribution in [0.2, 0.25) is 0 Å². The number of aryl methyl sites for hydroxylation is 1. The van der Waals surface area contributed by atoms with Gasteiger partial charge < -0.3 is 9.88 Å². The molecule has 1 amide bonds. The first-order chi connectivity index (χ1) is 12.4. The zero-order valence-electron chi connectivity index (χ0n) is 16.6. The number of carbonyl (C=O) groups excluding carboxylic acids is 1. The van der Waals surface area contributed by atoms with Crippen molar-refractivity contribution in [3.05, 3.63) is 47.3 Å². The van der Waals surface area contributed by atoms with E-state index in [1.165, 1.54) is 23.0 Å². The smallest absolute Gasteiger partial charge is 0.230 e. The van der Waals surface area contributed by atoms with Crippen LogP contribution in [0.15, 0.2) is 35.5 Å². The van der Waals surface area contributed by atoms with Crippen molar-refractivity contribution in [3.63, 3.8) is 0 Å². The number of benzene rings is 1. The van der Waals surface area contributed by atoms with Gasteiger partial charge in [0.2, 0.25) is 5.91 Å². The summed E-state index contributed by atoms with van der Waals surface area (Å²) in [6.07, 6.45) is 1.98. The second-order valence-electron chi connectivity index (χ2n) is 7.18. The summed E-state index contributed by atoms with van der Waals surface area (Å²) in [5.74, 6) is 0.996. The monoisotopic (exact) mass is 373 g/mol. The van der Waals surface area contributed by atoms with Gasteiger partial charge in [0.15, 0.2) is 5.16 Å². The number of rotatable bonds is 9. The molecule has 26 heavy (non-hydrogen) atoms. The third-order valence-electron chi connectivity index (χ3n) is 4.42. The molecular formula is C21H31N3OS. The normalized spacial score (nSPS) is 12.4. The van der Waals surface area contributed by atoms with Gasteiger partial charge in [-0.25, -0.2) is 4.98 Å². The highest BCUT2D eigenvalue weighted by atomic mass is 32.2. The first kappa shape index (κ1) is 20.6. The van der Waals surface area contributed by atoms with Gasteiger partial charge in [-0.15, -0.1) is 0 Å². The number of aromatic nitrogens is 2. The van der Waals surface area contributed by atoms with Crippen molar-refractivity contribution in [2.75, 3.05) is 5.75 Å². The Hall–Kier alpha value is -1.75. The summed E-state index contributed by atoms with van der Waals surface area (Å²) in [5, 5.41) is 4.13.